The molecule has 1 aromatic heterocycles. The number of benzene rings is 2. The van der Waals surface area contributed by atoms with Crippen LogP contribution in [0.4, 0.5) is 10.1 Å². The Morgan fingerprint density at radius 1 is 1.00 bits per heavy atom. The molecule has 3 N–H and O–H groups in total. The van der Waals surface area contributed by atoms with Crippen molar-refractivity contribution in [1.29, 1.82) is 0 Å². The number of pyridine rings is 1. The first-order valence-electron chi connectivity index (χ1n) is 11.4. The van der Waals surface area contributed by atoms with Crippen LogP contribution in [0.3, 0.4) is 0 Å². The quantitative estimate of drug-likeness (QED) is 0.365. The number of aromatic nitrogens is 1. The Bertz CT molecular complexity index is 1340. The summed E-state index contributed by atoms with van der Waals surface area (Å²) in [5.41, 5.74) is 0.808. The van der Waals surface area contributed by atoms with E-state index < -0.39 is 54.3 Å². The average molecular weight is 508 g/mol. The summed E-state index contributed by atoms with van der Waals surface area (Å²) < 4.78 is 14.2. The van der Waals surface area contributed by atoms with Gasteiger partial charge in [-0.25, -0.2) is 4.39 Å². The lowest BCUT2D eigenvalue weighted by Crippen LogP contribution is -2.47. The molecule has 0 unspecified atom stereocenters. The lowest BCUT2D eigenvalue weighted by molar-refractivity contribution is -0.140. The maximum Gasteiger partial charge on any atom is 0.305 e. The van der Waals surface area contributed by atoms with Gasteiger partial charge in [-0.2, -0.15) is 0 Å². The number of hydrogen-bond donors (Lipinski definition) is 3. The van der Waals surface area contributed by atoms with Crippen LogP contribution in [0.25, 0.3) is 0 Å². The monoisotopic (exact) mass is 507 g/mol. The molecule has 3 rings (SSSR count). The molecule has 0 aliphatic rings. The van der Waals surface area contributed by atoms with Crippen LogP contribution in [0.5, 0.6) is 0 Å². The predicted octanol–water partition coefficient (Wildman–Crippen LogP) is 2.69. The number of carboxylic acids is 1. The molecule has 0 fully saturated rings. The van der Waals surface area contributed by atoms with Crippen molar-refractivity contribution in [3.05, 3.63) is 100.0 Å². The molecule has 9 nitrogen and oxygen atoms in total. The molecule has 2 atom stereocenters. The van der Waals surface area contributed by atoms with Crippen LogP contribution >= 0.6 is 0 Å². The molecular formula is C27H26FN3O6. The van der Waals surface area contributed by atoms with Crippen molar-refractivity contribution in [2.45, 2.75) is 31.8 Å². The van der Waals surface area contributed by atoms with E-state index in [-0.39, 0.29) is 12.1 Å². The van der Waals surface area contributed by atoms with Crippen LogP contribution < -0.4 is 16.2 Å². The van der Waals surface area contributed by atoms with Crippen LogP contribution in [-0.4, -0.2) is 46.0 Å². The van der Waals surface area contributed by atoms with Crippen molar-refractivity contribution < 1.29 is 28.7 Å². The number of halogens is 1. The Kier molecular flexibility index (Phi) is 9.04. The van der Waals surface area contributed by atoms with Gasteiger partial charge in [-0.05, 0) is 36.2 Å². The van der Waals surface area contributed by atoms with Crippen LogP contribution in [-0.2, 0) is 20.8 Å². The van der Waals surface area contributed by atoms with Gasteiger partial charge in [0, 0.05) is 18.2 Å². The zero-order valence-corrected chi connectivity index (χ0v) is 20.0. The fraction of sp³-hybridized carbons (Fsp3) is 0.222. The number of nitrogens with zero attached hydrogens (tertiary/aromatic N) is 1. The van der Waals surface area contributed by atoms with E-state index in [2.05, 4.69) is 10.6 Å². The number of anilines is 1. The highest BCUT2D eigenvalue weighted by molar-refractivity contribution is 6.04. The number of Topliss-reactive ketones (excluding diaryl/α,β-unsaturated/α-hetero) is 1. The van der Waals surface area contributed by atoms with Crippen molar-refractivity contribution in [3.8, 4) is 0 Å². The van der Waals surface area contributed by atoms with Gasteiger partial charge in [0.05, 0.1) is 6.42 Å². The summed E-state index contributed by atoms with van der Waals surface area (Å²) in [5.74, 6) is -3.86. The normalized spacial score (nSPS) is 12.3. The summed E-state index contributed by atoms with van der Waals surface area (Å²) in [6, 6.07) is 15.6. The minimum Gasteiger partial charge on any atom is -0.481 e. The van der Waals surface area contributed by atoms with Crippen LogP contribution in [0.1, 0.15) is 33.9 Å². The number of aliphatic carboxylic acids is 1. The molecule has 3 aromatic rings. The second kappa shape index (κ2) is 12.4. The van der Waals surface area contributed by atoms with E-state index in [4.69, 9.17) is 5.11 Å². The van der Waals surface area contributed by atoms with E-state index in [1.807, 2.05) is 0 Å². The second-order valence-electron chi connectivity index (χ2n) is 8.43. The molecular weight excluding hydrogens is 481 g/mol. The zero-order chi connectivity index (χ0) is 26.9. The van der Waals surface area contributed by atoms with E-state index >= 15 is 0 Å². The van der Waals surface area contributed by atoms with Gasteiger partial charge in [0.1, 0.15) is 24.4 Å². The number of alkyl halides is 1. The number of rotatable bonds is 11. The third-order valence-electron chi connectivity index (χ3n) is 5.59. The van der Waals surface area contributed by atoms with E-state index in [1.54, 1.807) is 67.6 Å². The van der Waals surface area contributed by atoms with Gasteiger partial charge in [0.2, 0.25) is 5.91 Å². The number of nitrogens with one attached hydrogen (secondary N) is 2. The third kappa shape index (κ3) is 7.20. The number of amides is 2. The Morgan fingerprint density at radius 3 is 2.22 bits per heavy atom. The molecule has 0 saturated heterocycles. The first-order chi connectivity index (χ1) is 17.7. The molecule has 2 amide bonds. The maximum absolute atomic E-state index is 13.4. The largest absolute Gasteiger partial charge is 0.481 e. The van der Waals surface area contributed by atoms with Crippen molar-refractivity contribution in [2.75, 3.05) is 12.0 Å². The lowest BCUT2D eigenvalue weighted by atomic mass is 10.0. The van der Waals surface area contributed by atoms with E-state index in [9.17, 15) is 28.4 Å². The fourth-order valence-electron chi connectivity index (χ4n) is 3.78. The Morgan fingerprint density at radius 2 is 1.62 bits per heavy atom. The topological polar surface area (TPSA) is 135 Å². The molecule has 0 spiro atoms. The van der Waals surface area contributed by atoms with E-state index in [0.717, 1.165) is 4.57 Å². The minimum absolute atomic E-state index is 0.00567. The highest BCUT2D eigenvalue weighted by Gasteiger charge is 2.29. The number of hydrogen-bond acceptors (Lipinski definition) is 5. The first kappa shape index (κ1) is 27.0. The SMILES string of the molecule is Cc1cc(NC(=O)c2ccccc2)c(=O)n([C@@H](Cc2ccccc2)C(=O)N[C@@H](CC(=O)O)C(=O)CF)c1. The van der Waals surface area contributed by atoms with E-state index in [0.29, 0.717) is 16.7 Å². The number of carbonyl (C=O) groups excluding carboxylic acids is 3. The van der Waals surface area contributed by atoms with E-state index in [1.165, 1.54) is 12.3 Å². The van der Waals surface area contributed by atoms with Crippen molar-refractivity contribution in [3.63, 3.8) is 0 Å². The minimum atomic E-state index is -1.61. The molecule has 192 valence electrons. The maximum atomic E-state index is 13.4. The molecule has 0 aliphatic carbocycles. The molecule has 2 aromatic carbocycles. The van der Waals surface area contributed by atoms with Gasteiger partial charge in [-0.15, -0.1) is 0 Å². The molecule has 0 saturated carbocycles. The summed E-state index contributed by atoms with van der Waals surface area (Å²) in [4.78, 5) is 62.6. The van der Waals surface area contributed by atoms with Gasteiger partial charge in [-0.3, -0.25) is 24.0 Å². The van der Waals surface area contributed by atoms with Crippen LogP contribution in [0.2, 0.25) is 0 Å². The number of aryl methyl sites for hydroxylation is 1. The summed E-state index contributed by atoms with van der Waals surface area (Å²) in [6.07, 6.45) is 0.621. The standard InChI is InChI=1S/C27H26FN3O6/c1-17-12-21(30-25(35)19-10-6-3-7-11-19)27(37)31(16-17)22(13-18-8-4-2-5-9-18)26(36)29-20(14-24(33)34)23(32)15-28/h2-12,16,20,22H,13-15H2,1H3,(H,29,36)(H,30,35)(H,33,34)/t20-,22-/m0/s1. The predicted molar refractivity (Wildman–Crippen MR) is 134 cm³/mol. The van der Waals surface area contributed by atoms with Crippen molar-refractivity contribution >= 4 is 29.3 Å². The second-order valence-corrected chi connectivity index (χ2v) is 8.43. The molecule has 0 radical (unpaired) electrons. The molecule has 0 bridgehead atoms. The summed E-state index contributed by atoms with van der Waals surface area (Å²) >= 11 is 0. The molecule has 0 aliphatic heterocycles. The van der Waals surface area contributed by atoms with Crippen molar-refractivity contribution in [2.24, 2.45) is 0 Å². The Labute approximate surface area is 211 Å². The summed E-state index contributed by atoms with van der Waals surface area (Å²) in [5, 5.41) is 14.0. The fourth-order valence-corrected chi connectivity index (χ4v) is 3.78. The average Bonchev–Trinajstić information content (AvgIpc) is 2.89. The smallest absolute Gasteiger partial charge is 0.305 e. The van der Waals surface area contributed by atoms with Crippen molar-refractivity contribution in [1.82, 2.24) is 9.88 Å². The Balaban J connectivity index is 2.01. The summed E-state index contributed by atoms with van der Waals surface area (Å²) in [6.45, 7) is 0.215. The zero-order valence-electron chi connectivity index (χ0n) is 20.0. The number of carbonyl (C=O) groups is 4. The lowest BCUT2D eigenvalue weighted by Gasteiger charge is -2.23. The molecule has 1 heterocycles. The van der Waals surface area contributed by atoms with Crippen LogP contribution in [0, 0.1) is 6.92 Å². The van der Waals surface area contributed by atoms with Gasteiger partial charge in [0.25, 0.3) is 11.5 Å². The highest BCUT2D eigenvalue weighted by atomic mass is 19.1. The van der Waals surface area contributed by atoms with Gasteiger partial charge >= 0.3 is 5.97 Å². The van der Waals surface area contributed by atoms with Gasteiger partial charge < -0.3 is 20.3 Å². The molecule has 37 heavy (non-hydrogen) atoms. The van der Waals surface area contributed by atoms with Crippen LogP contribution in [0.15, 0.2) is 77.7 Å². The third-order valence-corrected chi connectivity index (χ3v) is 5.59. The molecule has 10 heteroatoms. The summed E-state index contributed by atoms with van der Waals surface area (Å²) in [7, 11) is 0. The van der Waals surface area contributed by atoms with Gasteiger partial charge in [0.15, 0.2) is 5.78 Å². The van der Waals surface area contributed by atoms with Gasteiger partial charge in [-0.1, -0.05) is 48.5 Å². The first-order valence-corrected chi connectivity index (χ1v) is 11.4. The Hall–Kier alpha value is -4.60. The number of carboxylic acid groups (broad SMARTS) is 1. The highest BCUT2D eigenvalue weighted by Crippen LogP contribution is 2.17. The number of ketones is 1.